The fourth-order valence-electron chi connectivity index (χ4n) is 2.83. The van der Waals surface area contributed by atoms with E-state index in [0.717, 1.165) is 19.4 Å². The van der Waals surface area contributed by atoms with Gasteiger partial charge < -0.3 is 19.1 Å². The lowest BCUT2D eigenvalue weighted by atomic mass is 10.1. The van der Waals surface area contributed by atoms with Gasteiger partial charge in [0.05, 0.1) is 5.56 Å². The molecule has 0 bridgehead atoms. The fraction of sp³-hybridized carbons (Fsp3) is 0.333. The van der Waals surface area contributed by atoms with Crippen molar-refractivity contribution >= 4 is 12.1 Å². The maximum atomic E-state index is 11.8. The highest BCUT2D eigenvalue weighted by Crippen LogP contribution is 2.34. The van der Waals surface area contributed by atoms with Gasteiger partial charge in [-0.15, -0.1) is 0 Å². The second-order valence-electron chi connectivity index (χ2n) is 5.21. The Balaban J connectivity index is 1.43. The first-order valence-corrected chi connectivity index (χ1v) is 6.87. The molecule has 0 N–H and O–H groups in total. The van der Waals surface area contributed by atoms with E-state index < -0.39 is 18.4 Å². The van der Waals surface area contributed by atoms with Crippen LogP contribution in [0.1, 0.15) is 35.1 Å². The van der Waals surface area contributed by atoms with E-state index in [-0.39, 0.29) is 0 Å². The zero-order valence-corrected chi connectivity index (χ0v) is 11.2. The molecular formula is C15H13NO5. The molecule has 3 heterocycles. The molecule has 0 saturated carbocycles. The zero-order valence-electron chi connectivity index (χ0n) is 11.2. The van der Waals surface area contributed by atoms with Crippen LogP contribution in [-0.2, 0) is 14.2 Å². The fourth-order valence-corrected chi connectivity index (χ4v) is 2.83. The van der Waals surface area contributed by atoms with Gasteiger partial charge in [-0.05, 0) is 25.0 Å². The van der Waals surface area contributed by atoms with Crippen LogP contribution >= 0.6 is 0 Å². The minimum atomic E-state index is -1.03. The summed E-state index contributed by atoms with van der Waals surface area (Å²) in [6.45, 7) is 0.894. The molecule has 1 fully saturated rings. The van der Waals surface area contributed by atoms with Crippen molar-refractivity contribution < 1.29 is 23.8 Å². The second-order valence-corrected chi connectivity index (χ2v) is 5.21. The lowest BCUT2D eigenvalue weighted by molar-refractivity contribution is -0.0860. The number of hydrogen-bond acceptors (Lipinski definition) is 6. The maximum Gasteiger partial charge on any atom is 0.518 e. The van der Waals surface area contributed by atoms with Crippen LogP contribution in [0.2, 0.25) is 0 Å². The molecular weight excluding hydrogens is 274 g/mol. The predicted octanol–water partition coefficient (Wildman–Crippen LogP) is 2.33. The minimum absolute atomic E-state index is 0.415. The SMILES string of the molecule is O=C(OC1=CCC2CCN12)OC1OC(=O)c2ccccc21. The summed E-state index contributed by atoms with van der Waals surface area (Å²) in [5.41, 5.74) is 0.958. The van der Waals surface area contributed by atoms with E-state index in [1.165, 1.54) is 0 Å². The summed E-state index contributed by atoms with van der Waals surface area (Å²) in [6, 6.07) is 7.27. The van der Waals surface area contributed by atoms with E-state index in [9.17, 15) is 9.59 Å². The highest BCUT2D eigenvalue weighted by atomic mass is 16.8. The van der Waals surface area contributed by atoms with Crippen molar-refractivity contribution in [3.05, 3.63) is 47.4 Å². The number of benzene rings is 1. The molecule has 0 aromatic heterocycles. The lowest BCUT2D eigenvalue weighted by Crippen LogP contribution is -2.43. The van der Waals surface area contributed by atoms with Gasteiger partial charge in [0.1, 0.15) is 0 Å². The molecule has 2 unspecified atom stereocenters. The second kappa shape index (κ2) is 4.51. The van der Waals surface area contributed by atoms with Crippen molar-refractivity contribution in [3.63, 3.8) is 0 Å². The zero-order chi connectivity index (χ0) is 14.4. The molecule has 6 heteroatoms. The number of cyclic esters (lactones) is 1. The van der Waals surface area contributed by atoms with Gasteiger partial charge >= 0.3 is 12.1 Å². The monoisotopic (exact) mass is 287 g/mol. The van der Waals surface area contributed by atoms with E-state index in [0.29, 0.717) is 23.1 Å². The van der Waals surface area contributed by atoms with Crippen LogP contribution in [0.4, 0.5) is 4.79 Å². The van der Waals surface area contributed by atoms with Gasteiger partial charge in [0.25, 0.3) is 6.29 Å². The van der Waals surface area contributed by atoms with E-state index in [4.69, 9.17) is 14.2 Å². The van der Waals surface area contributed by atoms with Gasteiger partial charge in [0.15, 0.2) is 5.88 Å². The summed E-state index contributed by atoms with van der Waals surface area (Å²) in [4.78, 5) is 25.5. The summed E-state index contributed by atoms with van der Waals surface area (Å²) < 4.78 is 15.3. The van der Waals surface area contributed by atoms with Gasteiger partial charge in [0, 0.05) is 18.2 Å². The van der Waals surface area contributed by atoms with E-state index in [1.807, 2.05) is 11.0 Å². The molecule has 0 amide bonds. The van der Waals surface area contributed by atoms with Gasteiger partial charge in [-0.3, -0.25) is 0 Å². The first kappa shape index (κ1) is 12.3. The third-order valence-electron chi connectivity index (χ3n) is 4.03. The summed E-state index contributed by atoms with van der Waals surface area (Å²) in [7, 11) is 0. The lowest BCUT2D eigenvalue weighted by Gasteiger charge is -2.37. The number of ether oxygens (including phenoxy) is 3. The smallest absolute Gasteiger partial charge is 0.417 e. The topological polar surface area (TPSA) is 65.1 Å². The van der Waals surface area contributed by atoms with E-state index in [1.54, 1.807) is 24.3 Å². The van der Waals surface area contributed by atoms with Gasteiger partial charge in [-0.2, -0.15) is 0 Å². The van der Waals surface area contributed by atoms with Crippen LogP contribution in [0.15, 0.2) is 36.2 Å². The average molecular weight is 287 g/mol. The average Bonchev–Trinajstić information content (AvgIpc) is 2.88. The van der Waals surface area contributed by atoms with Crippen molar-refractivity contribution in [1.82, 2.24) is 4.90 Å². The molecule has 1 saturated heterocycles. The number of rotatable bonds is 2. The molecule has 3 aliphatic rings. The van der Waals surface area contributed by atoms with Crippen LogP contribution < -0.4 is 0 Å². The van der Waals surface area contributed by atoms with E-state index in [2.05, 4.69) is 0 Å². The Morgan fingerprint density at radius 1 is 1.33 bits per heavy atom. The van der Waals surface area contributed by atoms with Crippen molar-refractivity contribution in [3.8, 4) is 0 Å². The quantitative estimate of drug-likeness (QED) is 0.778. The van der Waals surface area contributed by atoms with Crippen LogP contribution in [0.3, 0.4) is 0 Å². The molecule has 3 aliphatic heterocycles. The van der Waals surface area contributed by atoms with Gasteiger partial charge in [-0.1, -0.05) is 18.2 Å². The Morgan fingerprint density at radius 2 is 2.19 bits per heavy atom. The first-order chi connectivity index (χ1) is 10.2. The molecule has 0 spiro atoms. The Morgan fingerprint density at radius 3 is 2.95 bits per heavy atom. The van der Waals surface area contributed by atoms with Crippen molar-refractivity contribution in [2.45, 2.75) is 25.2 Å². The van der Waals surface area contributed by atoms with Crippen molar-refractivity contribution in [2.24, 2.45) is 0 Å². The number of hydrogen-bond donors (Lipinski definition) is 0. The molecule has 1 aromatic rings. The maximum absolute atomic E-state index is 11.8. The van der Waals surface area contributed by atoms with Crippen molar-refractivity contribution in [1.29, 1.82) is 0 Å². The normalized spacial score (nSPS) is 25.4. The summed E-state index contributed by atoms with van der Waals surface area (Å²) in [6.07, 6.45) is 2.00. The highest BCUT2D eigenvalue weighted by molar-refractivity contribution is 5.93. The number of fused-ring (bicyclic) bond motifs is 2. The largest absolute Gasteiger partial charge is 0.518 e. The summed E-state index contributed by atoms with van der Waals surface area (Å²) >= 11 is 0. The van der Waals surface area contributed by atoms with Crippen molar-refractivity contribution in [2.75, 3.05) is 6.54 Å². The molecule has 2 atom stereocenters. The molecule has 6 nitrogen and oxygen atoms in total. The molecule has 0 radical (unpaired) electrons. The van der Waals surface area contributed by atoms with Gasteiger partial charge in [-0.25, -0.2) is 9.59 Å². The van der Waals surface area contributed by atoms with Crippen LogP contribution in [-0.4, -0.2) is 29.6 Å². The molecule has 108 valence electrons. The Hall–Kier alpha value is -2.50. The summed E-state index contributed by atoms with van der Waals surface area (Å²) in [5, 5.41) is 0. The third-order valence-corrected chi connectivity index (χ3v) is 4.03. The molecule has 1 aromatic carbocycles. The minimum Gasteiger partial charge on any atom is -0.417 e. The first-order valence-electron chi connectivity index (χ1n) is 6.87. The Labute approximate surface area is 120 Å². The number of carbonyl (C=O) groups excluding carboxylic acids is 2. The standard InChI is InChI=1S/C15H13NO5/c17-13-10-3-1-2-4-11(10)14(20-13)21-15(18)19-12-6-5-9-7-8-16(9)12/h1-4,6,9,14H,5,7-8H2. The Kier molecular flexibility index (Phi) is 2.63. The van der Waals surface area contributed by atoms with Crippen LogP contribution in [0, 0.1) is 0 Å². The van der Waals surface area contributed by atoms with Crippen LogP contribution in [0.25, 0.3) is 0 Å². The Bertz CT molecular complexity index is 653. The number of carbonyl (C=O) groups is 2. The third kappa shape index (κ3) is 1.94. The highest BCUT2D eigenvalue weighted by Gasteiger charge is 2.38. The van der Waals surface area contributed by atoms with Gasteiger partial charge in [0.2, 0.25) is 0 Å². The predicted molar refractivity (Wildman–Crippen MR) is 70.0 cm³/mol. The number of nitrogens with zero attached hydrogens (tertiary/aromatic N) is 1. The molecule has 4 rings (SSSR count). The molecule has 21 heavy (non-hydrogen) atoms. The number of esters is 1. The summed E-state index contributed by atoms with van der Waals surface area (Å²) in [5.74, 6) is 0.0418. The van der Waals surface area contributed by atoms with Crippen LogP contribution in [0.5, 0.6) is 0 Å². The molecule has 0 aliphatic carbocycles. The van der Waals surface area contributed by atoms with E-state index >= 15 is 0 Å².